The van der Waals surface area contributed by atoms with Gasteiger partial charge in [0.2, 0.25) is 0 Å². The summed E-state index contributed by atoms with van der Waals surface area (Å²) in [4.78, 5) is 15.2. The second-order valence-electron chi connectivity index (χ2n) is 7.64. The van der Waals surface area contributed by atoms with Gasteiger partial charge < -0.3 is 14.4 Å². The summed E-state index contributed by atoms with van der Waals surface area (Å²) in [5, 5.41) is 8.14. The van der Waals surface area contributed by atoms with E-state index in [0.717, 1.165) is 47.6 Å². The molecule has 0 radical (unpaired) electrons. The van der Waals surface area contributed by atoms with Crippen molar-refractivity contribution in [2.75, 3.05) is 20.3 Å². The lowest BCUT2D eigenvalue weighted by molar-refractivity contribution is 0.0495. The van der Waals surface area contributed by atoms with E-state index in [2.05, 4.69) is 10.2 Å². The minimum absolute atomic E-state index is 0.0472. The number of aromatic amines is 1. The number of carbonyl (C=O) groups is 1. The molecule has 3 aromatic rings. The summed E-state index contributed by atoms with van der Waals surface area (Å²) in [7, 11) is 1.64. The van der Waals surface area contributed by atoms with E-state index in [1.807, 2.05) is 53.4 Å². The van der Waals surface area contributed by atoms with Crippen molar-refractivity contribution in [3.8, 4) is 17.0 Å². The number of fused-ring (bicyclic) bond motifs is 1. The Morgan fingerprint density at radius 3 is 2.63 bits per heavy atom. The zero-order chi connectivity index (χ0) is 20.7. The second kappa shape index (κ2) is 7.78. The Kier molecular flexibility index (Phi) is 4.97. The van der Waals surface area contributed by atoms with Crippen LogP contribution in [0.4, 0.5) is 0 Å². The third kappa shape index (κ3) is 3.26. The molecule has 154 valence electrons. The Labute approximate surface area is 179 Å². The molecule has 2 atom stereocenters. The highest BCUT2D eigenvalue weighted by atomic mass is 35.5. The molecular formula is C23H22ClN3O3. The Balaban J connectivity index is 1.60. The fraction of sp³-hybridized carbons (Fsp3) is 0.304. The maximum absolute atomic E-state index is 13.3. The van der Waals surface area contributed by atoms with Gasteiger partial charge in [-0.1, -0.05) is 35.9 Å². The van der Waals surface area contributed by atoms with Gasteiger partial charge in [0.25, 0.3) is 5.91 Å². The molecule has 2 aliphatic heterocycles. The van der Waals surface area contributed by atoms with Crippen LogP contribution < -0.4 is 4.74 Å². The number of benzene rings is 2. The highest BCUT2D eigenvalue weighted by molar-refractivity contribution is 6.30. The number of halogens is 1. The van der Waals surface area contributed by atoms with Gasteiger partial charge in [0.15, 0.2) is 0 Å². The van der Waals surface area contributed by atoms with Gasteiger partial charge in [-0.2, -0.15) is 5.10 Å². The van der Waals surface area contributed by atoms with E-state index in [1.165, 1.54) is 0 Å². The number of hydrogen-bond donors (Lipinski definition) is 1. The van der Waals surface area contributed by atoms with Gasteiger partial charge >= 0.3 is 0 Å². The average Bonchev–Trinajstić information content (AvgIpc) is 3.49. The zero-order valence-electron chi connectivity index (χ0n) is 16.6. The van der Waals surface area contributed by atoms with Crippen LogP contribution in [0.2, 0.25) is 5.02 Å². The second-order valence-corrected chi connectivity index (χ2v) is 8.07. The van der Waals surface area contributed by atoms with Crippen molar-refractivity contribution >= 4 is 17.5 Å². The predicted molar refractivity (Wildman–Crippen MR) is 114 cm³/mol. The third-order valence-electron chi connectivity index (χ3n) is 5.84. The Morgan fingerprint density at radius 1 is 1.20 bits per heavy atom. The average molecular weight is 424 g/mol. The van der Waals surface area contributed by atoms with Crippen molar-refractivity contribution in [2.45, 2.75) is 25.0 Å². The number of nitrogens with zero attached hydrogens (tertiary/aromatic N) is 2. The maximum atomic E-state index is 13.3. The van der Waals surface area contributed by atoms with Gasteiger partial charge in [-0.3, -0.25) is 9.89 Å². The van der Waals surface area contributed by atoms with Crippen molar-refractivity contribution in [2.24, 2.45) is 0 Å². The van der Waals surface area contributed by atoms with Crippen molar-refractivity contribution in [1.29, 1.82) is 0 Å². The molecule has 1 aromatic heterocycles. The van der Waals surface area contributed by atoms with Crippen molar-refractivity contribution in [3.63, 3.8) is 0 Å². The first kappa shape index (κ1) is 19.2. The first-order valence-electron chi connectivity index (χ1n) is 10.1. The molecule has 3 heterocycles. The summed E-state index contributed by atoms with van der Waals surface area (Å²) in [5.74, 6) is 0.730. The number of amides is 1. The number of hydrogen-bond acceptors (Lipinski definition) is 4. The van der Waals surface area contributed by atoms with Crippen molar-refractivity contribution < 1.29 is 14.3 Å². The quantitative estimate of drug-likeness (QED) is 0.657. The topological polar surface area (TPSA) is 67.5 Å². The summed E-state index contributed by atoms with van der Waals surface area (Å²) in [6.07, 6.45) is 2.06. The number of aromatic nitrogens is 2. The lowest BCUT2D eigenvalue weighted by atomic mass is 9.96. The number of rotatable bonds is 5. The van der Waals surface area contributed by atoms with Gasteiger partial charge in [0.05, 0.1) is 24.9 Å². The highest BCUT2D eigenvalue weighted by Crippen LogP contribution is 2.43. The van der Waals surface area contributed by atoms with Crippen molar-refractivity contribution in [1.82, 2.24) is 15.1 Å². The molecule has 0 aliphatic carbocycles. The number of carbonyl (C=O) groups excluding carboxylic acids is 1. The molecule has 1 saturated heterocycles. The number of H-pyrrole nitrogens is 1. The fourth-order valence-electron chi connectivity index (χ4n) is 4.35. The van der Waals surface area contributed by atoms with E-state index < -0.39 is 0 Å². The van der Waals surface area contributed by atoms with E-state index in [-0.39, 0.29) is 18.1 Å². The van der Waals surface area contributed by atoms with E-state index >= 15 is 0 Å². The SMILES string of the molecule is COc1ccc(C2c3c(-c4ccc(Cl)cc4)n[nH]c3C(=O)N2CC2CCCO2)cc1. The summed E-state index contributed by atoms with van der Waals surface area (Å²) in [6.45, 7) is 1.31. The molecule has 1 amide bonds. The third-order valence-corrected chi connectivity index (χ3v) is 6.09. The largest absolute Gasteiger partial charge is 0.497 e. The van der Waals surface area contributed by atoms with Crippen LogP contribution in [0.3, 0.4) is 0 Å². The fourth-order valence-corrected chi connectivity index (χ4v) is 4.48. The lowest BCUT2D eigenvalue weighted by Crippen LogP contribution is -2.36. The van der Waals surface area contributed by atoms with Gasteiger partial charge in [0.1, 0.15) is 11.4 Å². The van der Waals surface area contributed by atoms with Crippen LogP contribution >= 0.6 is 11.6 Å². The Morgan fingerprint density at radius 2 is 1.97 bits per heavy atom. The molecule has 2 aliphatic rings. The first-order valence-corrected chi connectivity index (χ1v) is 10.4. The normalized spacial score (nSPS) is 20.6. The van der Waals surface area contributed by atoms with Gasteiger partial charge in [0, 0.05) is 29.3 Å². The zero-order valence-corrected chi connectivity index (χ0v) is 17.4. The summed E-state index contributed by atoms with van der Waals surface area (Å²) >= 11 is 6.07. The number of methoxy groups -OCH3 is 1. The molecule has 1 fully saturated rings. The Hall–Kier alpha value is -2.83. The van der Waals surface area contributed by atoms with Crippen molar-refractivity contribution in [3.05, 3.63) is 70.4 Å². The molecule has 5 rings (SSSR count). The molecule has 2 unspecified atom stereocenters. The van der Waals surface area contributed by atoms with Crippen LogP contribution in [0.1, 0.15) is 40.5 Å². The first-order chi connectivity index (χ1) is 14.7. The van der Waals surface area contributed by atoms with Crippen LogP contribution in [-0.4, -0.2) is 47.4 Å². The molecule has 30 heavy (non-hydrogen) atoms. The standard InChI is InChI=1S/C23H22ClN3O3/c1-29-17-10-6-15(7-11-17)22-19-20(14-4-8-16(24)9-5-14)25-26-21(19)23(28)27(22)13-18-3-2-12-30-18/h4-11,18,22H,2-3,12-13H2,1H3,(H,25,26). The molecule has 0 spiro atoms. The van der Waals surface area contributed by atoms with Crippen LogP contribution in [0, 0.1) is 0 Å². The molecule has 0 bridgehead atoms. The molecule has 6 nitrogen and oxygen atoms in total. The summed E-state index contributed by atoms with van der Waals surface area (Å²) < 4.78 is 11.1. The van der Waals surface area contributed by atoms with Crippen LogP contribution in [-0.2, 0) is 4.74 Å². The number of ether oxygens (including phenoxy) is 2. The summed E-state index contributed by atoms with van der Waals surface area (Å²) in [6, 6.07) is 15.1. The lowest BCUT2D eigenvalue weighted by Gasteiger charge is -2.28. The molecule has 1 N–H and O–H groups in total. The van der Waals surface area contributed by atoms with Crippen LogP contribution in [0.25, 0.3) is 11.3 Å². The van der Waals surface area contributed by atoms with Gasteiger partial charge in [-0.15, -0.1) is 0 Å². The molecule has 2 aromatic carbocycles. The maximum Gasteiger partial charge on any atom is 0.273 e. The van der Waals surface area contributed by atoms with E-state index in [0.29, 0.717) is 17.3 Å². The molecular weight excluding hydrogens is 402 g/mol. The van der Waals surface area contributed by atoms with Crippen LogP contribution in [0.5, 0.6) is 5.75 Å². The molecule has 7 heteroatoms. The van der Waals surface area contributed by atoms with Crippen LogP contribution in [0.15, 0.2) is 48.5 Å². The minimum atomic E-state index is -0.243. The van der Waals surface area contributed by atoms with E-state index in [9.17, 15) is 4.79 Å². The monoisotopic (exact) mass is 423 g/mol. The summed E-state index contributed by atoms with van der Waals surface area (Å²) in [5.41, 5.74) is 4.13. The highest BCUT2D eigenvalue weighted by Gasteiger charge is 2.43. The van der Waals surface area contributed by atoms with Gasteiger partial charge in [-0.25, -0.2) is 0 Å². The molecule has 0 saturated carbocycles. The number of nitrogens with one attached hydrogen (secondary N) is 1. The predicted octanol–water partition coefficient (Wildman–Crippen LogP) is 4.46. The smallest absolute Gasteiger partial charge is 0.273 e. The van der Waals surface area contributed by atoms with E-state index in [4.69, 9.17) is 21.1 Å². The Bertz CT molecular complexity index is 1060. The van der Waals surface area contributed by atoms with Gasteiger partial charge in [-0.05, 0) is 42.7 Å². The van der Waals surface area contributed by atoms with E-state index in [1.54, 1.807) is 7.11 Å². The minimum Gasteiger partial charge on any atom is -0.497 e.